The summed E-state index contributed by atoms with van der Waals surface area (Å²) in [5.41, 5.74) is 8.39. The second kappa shape index (κ2) is 8.97. The van der Waals surface area contributed by atoms with Gasteiger partial charge < -0.3 is 10.6 Å². The lowest BCUT2D eigenvalue weighted by atomic mass is 10.2. The summed E-state index contributed by atoms with van der Waals surface area (Å²) in [5, 5.41) is 0. The third kappa shape index (κ3) is 6.45. The first kappa shape index (κ1) is 15.0. The van der Waals surface area contributed by atoms with E-state index in [0.29, 0.717) is 12.1 Å². The molecule has 0 amide bonds. The lowest BCUT2D eigenvalue weighted by Crippen LogP contribution is -2.34. The van der Waals surface area contributed by atoms with E-state index in [1.165, 1.54) is 12.8 Å². The smallest absolute Gasteiger partial charge is 0.362 e. The summed E-state index contributed by atoms with van der Waals surface area (Å²) in [6.07, 6.45) is 4.51. The molecule has 1 rings (SSSR count). The van der Waals surface area contributed by atoms with E-state index in [2.05, 4.69) is 17.4 Å². The summed E-state index contributed by atoms with van der Waals surface area (Å²) in [6.45, 7) is 2.80. The van der Waals surface area contributed by atoms with Gasteiger partial charge in [0.15, 0.2) is 0 Å². The number of guanidine groups is 1. The van der Waals surface area contributed by atoms with E-state index < -0.39 is 5.97 Å². The van der Waals surface area contributed by atoms with Gasteiger partial charge in [-0.25, -0.2) is 4.79 Å². The van der Waals surface area contributed by atoms with Crippen LogP contribution in [0, 0.1) is 0 Å². The fraction of sp³-hybridized carbons (Fsp3) is 0.429. The molecule has 104 valence electrons. The van der Waals surface area contributed by atoms with Crippen molar-refractivity contribution in [3.63, 3.8) is 0 Å². The number of unbranched alkanes of at least 4 members (excludes halogenated alkanes) is 3. The predicted octanol–water partition coefficient (Wildman–Crippen LogP) is 2.24. The highest BCUT2D eigenvalue weighted by Gasteiger charge is 2.06. The van der Waals surface area contributed by atoms with Crippen LogP contribution in [0.25, 0.3) is 0 Å². The van der Waals surface area contributed by atoms with E-state index in [4.69, 9.17) is 10.6 Å². The summed E-state index contributed by atoms with van der Waals surface area (Å²) in [6, 6.07) is 8.70. The number of nitrogens with one attached hydrogen (secondary N) is 1. The predicted molar refractivity (Wildman–Crippen MR) is 75.6 cm³/mol. The third-order valence-corrected chi connectivity index (χ3v) is 2.55. The van der Waals surface area contributed by atoms with Crippen molar-refractivity contribution < 1.29 is 9.63 Å². The second-order valence-corrected chi connectivity index (χ2v) is 4.19. The van der Waals surface area contributed by atoms with Gasteiger partial charge in [-0.05, 0) is 18.6 Å². The van der Waals surface area contributed by atoms with Crippen molar-refractivity contribution in [2.75, 3.05) is 6.54 Å². The molecule has 1 aromatic carbocycles. The summed E-state index contributed by atoms with van der Waals surface area (Å²) in [5.74, 6) is -0.356. The molecule has 0 fully saturated rings. The minimum atomic E-state index is -0.482. The van der Waals surface area contributed by atoms with Crippen LogP contribution in [-0.2, 0) is 4.84 Å². The minimum Gasteiger partial charge on any atom is -0.368 e. The standard InChI is InChI=1S/C14H21N3O2/c1-2-3-4-8-11-16-14(15)17-19-13(18)12-9-6-5-7-10-12/h5-7,9-10H,2-4,8,11H2,1H3,(H3,15,16,17). The molecule has 0 unspecified atom stereocenters. The van der Waals surface area contributed by atoms with Gasteiger partial charge in [0.05, 0.1) is 5.56 Å². The topological polar surface area (TPSA) is 76.7 Å². The average Bonchev–Trinajstić information content (AvgIpc) is 2.45. The molecular formula is C14H21N3O2. The molecule has 1 aromatic rings. The van der Waals surface area contributed by atoms with Crippen molar-refractivity contribution in [1.29, 1.82) is 0 Å². The fourth-order valence-electron chi connectivity index (χ4n) is 1.50. The number of hydrogen-bond acceptors (Lipinski definition) is 3. The Balaban J connectivity index is 2.24. The van der Waals surface area contributed by atoms with Gasteiger partial charge in [0.25, 0.3) is 0 Å². The Hall–Kier alpha value is -2.04. The van der Waals surface area contributed by atoms with Crippen LogP contribution in [-0.4, -0.2) is 18.5 Å². The van der Waals surface area contributed by atoms with Crippen LogP contribution in [0.1, 0.15) is 43.0 Å². The lowest BCUT2D eigenvalue weighted by molar-refractivity contribution is 0.0383. The molecule has 0 radical (unpaired) electrons. The van der Waals surface area contributed by atoms with Gasteiger partial charge in [0.2, 0.25) is 5.96 Å². The van der Waals surface area contributed by atoms with Gasteiger partial charge in [-0.1, -0.05) is 44.4 Å². The molecule has 0 spiro atoms. The first-order chi connectivity index (χ1) is 9.24. The van der Waals surface area contributed by atoms with Gasteiger partial charge in [0.1, 0.15) is 0 Å². The molecule has 5 nitrogen and oxygen atoms in total. The van der Waals surface area contributed by atoms with Crippen LogP contribution in [0.4, 0.5) is 0 Å². The normalized spacial score (nSPS) is 11.1. The van der Waals surface area contributed by atoms with E-state index >= 15 is 0 Å². The molecule has 0 aliphatic heterocycles. The third-order valence-electron chi connectivity index (χ3n) is 2.55. The number of nitrogens with zero attached hydrogens (tertiary/aromatic N) is 1. The molecule has 0 saturated carbocycles. The molecule has 0 atom stereocenters. The number of aliphatic imine (C=N–C) groups is 1. The molecule has 0 heterocycles. The number of nitrogens with two attached hydrogens (primary N) is 1. The number of rotatable bonds is 6. The van der Waals surface area contributed by atoms with E-state index in [9.17, 15) is 4.79 Å². The quantitative estimate of drug-likeness (QED) is 0.357. The molecule has 0 bridgehead atoms. The Morgan fingerprint density at radius 3 is 2.68 bits per heavy atom. The van der Waals surface area contributed by atoms with Crippen molar-refractivity contribution in [2.24, 2.45) is 10.7 Å². The zero-order valence-corrected chi connectivity index (χ0v) is 11.3. The summed E-state index contributed by atoms with van der Waals surface area (Å²) in [7, 11) is 0. The maximum absolute atomic E-state index is 11.6. The fourth-order valence-corrected chi connectivity index (χ4v) is 1.50. The van der Waals surface area contributed by atoms with E-state index in [0.717, 1.165) is 12.8 Å². The SMILES string of the molecule is CCCCCCN=C(N)NOC(=O)c1ccccc1. The molecule has 0 aliphatic carbocycles. The monoisotopic (exact) mass is 263 g/mol. The van der Waals surface area contributed by atoms with Gasteiger partial charge in [-0.2, -0.15) is 5.48 Å². The minimum absolute atomic E-state index is 0.126. The number of carbonyl (C=O) groups is 1. The van der Waals surface area contributed by atoms with Crippen molar-refractivity contribution in [3.05, 3.63) is 35.9 Å². The van der Waals surface area contributed by atoms with E-state index in [1.807, 2.05) is 6.07 Å². The highest BCUT2D eigenvalue weighted by atomic mass is 16.7. The summed E-state index contributed by atoms with van der Waals surface area (Å²) < 4.78 is 0. The highest BCUT2D eigenvalue weighted by molar-refractivity contribution is 5.90. The molecule has 0 aliphatic rings. The summed E-state index contributed by atoms with van der Waals surface area (Å²) in [4.78, 5) is 20.5. The van der Waals surface area contributed by atoms with E-state index in [1.54, 1.807) is 24.3 Å². The van der Waals surface area contributed by atoms with Crippen LogP contribution in [0.5, 0.6) is 0 Å². The van der Waals surface area contributed by atoms with Gasteiger partial charge >= 0.3 is 5.97 Å². The van der Waals surface area contributed by atoms with Crippen molar-refractivity contribution in [3.8, 4) is 0 Å². The summed E-state index contributed by atoms with van der Waals surface area (Å²) >= 11 is 0. The zero-order valence-electron chi connectivity index (χ0n) is 11.3. The maximum Gasteiger partial charge on any atom is 0.362 e. The van der Waals surface area contributed by atoms with Gasteiger partial charge in [0, 0.05) is 6.54 Å². The van der Waals surface area contributed by atoms with Crippen molar-refractivity contribution >= 4 is 11.9 Å². The van der Waals surface area contributed by atoms with Crippen LogP contribution < -0.4 is 11.2 Å². The number of hydroxylamine groups is 1. The Morgan fingerprint density at radius 2 is 2.00 bits per heavy atom. The number of carbonyl (C=O) groups excluding carboxylic acids is 1. The Bertz CT molecular complexity index is 404. The van der Waals surface area contributed by atoms with Crippen LogP contribution in [0.3, 0.4) is 0 Å². The molecule has 5 heteroatoms. The molecule has 19 heavy (non-hydrogen) atoms. The number of hydrogen-bond donors (Lipinski definition) is 2. The lowest BCUT2D eigenvalue weighted by Gasteiger charge is -2.05. The van der Waals surface area contributed by atoms with E-state index in [-0.39, 0.29) is 5.96 Å². The number of benzene rings is 1. The first-order valence-electron chi connectivity index (χ1n) is 6.56. The van der Waals surface area contributed by atoms with Crippen molar-refractivity contribution in [1.82, 2.24) is 5.48 Å². The Labute approximate surface area is 113 Å². The van der Waals surface area contributed by atoms with Gasteiger partial charge in [-0.3, -0.25) is 4.99 Å². The van der Waals surface area contributed by atoms with Crippen LogP contribution in [0.2, 0.25) is 0 Å². The Morgan fingerprint density at radius 1 is 1.26 bits per heavy atom. The molecule has 0 aromatic heterocycles. The second-order valence-electron chi connectivity index (χ2n) is 4.19. The first-order valence-corrected chi connectivity index (χ1v) is 6.56. The van der Waals surface area contributed by atoms with Crippen LogP contribution in [0.15, 0.2) is 35.3 Å². The maximum atomic E-state index is 11.6. The largest absolute Gasteiger partial charge is 0.368 e. The van der Waals surface area contributed by atoms with Crippen molar-refractivity contribution in [2.45, 2.75) is 32.6 Å². The molecule has 0 saturated heterocycles. The van der Waals surface area contributed by atoms with Gasteiger partial charge in [-0.15, -0.1) is 0 Å². The zero-order chi connectivity index (χ0) is 13.9. The molecule has 3 N–H and O–H groups in total. The van der Waals surface area contributed by atoms with Crippen LogP contribution >= 0.6 is 0 Å². The highest BCUT2D eigenvalue weighted by Crippen LogP contribution is 2.00. The Kier molecular flexibility index (Phi) is 7.09. The molecular weight excluding hydrogens is 242 g/mol. The average molecular weight is 263 g/mol.